The van der Waals surface area contributed by atoms with E-state index in [1.807, 2.05) is 31.2 Å². The first kappa shape index (κ1) is 19.5. The fraction of sp³-hybridized carbons (Fsp3) is 0.320. The van der Waals surface area contributed by atoms with Crippen LogP contribution < -0.4 is 10.1 Å². The molecule has 0 spiro atoms. The number of nitrogens with zero attached hydrogens (tertiary/aromatic N) is 1. The molecule has 1 N–H and O–H groups in total. The lowest BCUT2D eigenvalue weighted by molar-refractivity contribution is -0.122. The Hall–Kier alpha value is -2.85. The van der Waals surface area contributed by atoms with E-state index in [4.69, 9.17) is 4.74 Å². The highest BCUT2D eigenvalue weighted by molar-refractivity contribution is 5.88. The van der Waals surface area contributed by atoms with Crippen molar-refractivity contribution in [2.75, 3.05) is 26.7 Å². The molecule has 0 bridgehead atoms. The van der Waals surface area contributed by atoms with Crippen LogP contribution in [0, 0.1) is 0 Å². The van der Waals surface area contributed by atoms with Crippen molar-refractivity contribution in [3.8, 4) is 5.75 Å². The van der Waals surface area contributed by atoms with E-state index < -0.39 is 0 Å². The first-order chi connectivity index (χ1) is 14.1. The van der Waals surface area contributed by atoms with Gasteiger partial charge in [0.2, 0.25) is 5.91 Å². The van der Waals surface area contributed by atoms with E-state index in [2.05, 4.69) is 46.6 Å². The van der Waals surface area contributed by atoms with Gasteiger partial charge in [0, 0.05) is 26.2 Å². The predicted octanol–water partition coefficient (Wildman–Crippen LogP) is 4.13. The van der Waals surface area contributed by atoms with Crippen LogP contribution in [-0.2, 0) is 17.8 Å². The number of fused-ring (bicyclic) bond motifs is 2. The van der Waals surface area contributed by atoms with Gasteiger partial charge in [-0.3, -0.25) is 9.69 Å². The summed E-state index contributed by atoms with van der Waals surface area (Å²) in [6.07, 6.45) is 1.09. The third-order valence-corrected chi connectivity index (χ3v) is 5.90. The quantitative estimate of drug-likeness (QED) is 0.690. The average molecular weight is 389 g/mol. The number of hydrogen-bond donors (Lipinski definition) is 1. The van der Waals surface area contributed by atoms with Gasteiger partial charge in [-0.05, 0) is 52.9 Å². The standard InChI is InChI=1S/C25H28N2O2/c1-18(20-7-8-22-16-24(29-2)10-9-21(22)15-20)25(28)26-12-14-27-13-11-19-5-3-4-6-23(19)17-27/h3-10,15-16,18H,11-14,17H2,1-2H3,(H,26,28)/t18-/m1/s1. The summed E-state index contributed by atoms with van der Waals surface area (Å²) in [5, 5.41) is 5.35. The second kappa shape index (κ2) is 8.66. The third kappa shape index (κ3) is 4.43. The fourth-order valence-corrected chi connectivity index (χ4v) is 4.03. The molecule has 4 heteroatoms. The Morgan fingerprint density at radius 1 is 1.07 bits per heavy atom. The molecule has 1 aliphatic rings. The molecule has 3 aromatic rings. The Bertz CT molecular complexity index is 1010. The zero-order chi connectivity index (χ0) is 20.2. The van der Waals surface area contributed by atoms with E-state index in [0.29, 0.717) is 6.54 Å². The number of benzene rings is 3. The summed E-state index contributed by atoms with van der Waals surface area (Å²) < 4.78 is 5.28. The fourth-order valence-electron chi connectivity index (χ4n) is 4.03. The molecule has 1 aliphatic heterocycles. The van der Waals surface area contributed by atoms with Crippen LogP contribution in [0.1, 0.15) is 29.5 Å². The normalized spacial score (nSPS) is 15.0. The van der Waals surface area contributed by atoms with E-state index in [0.717, 1.165) is 48.1 Å². The van der Waals surface area contributed by atoms with E-state index in [9.17, 15) is 4.79 Å². The van der Waals surface area contributed by atoms with Gasteiger partial charge < -0.3 is 10.1 Å². The van der Waals surface area contributed by atoms with Gasteiger partial charge in [0.1, 0.15) is 5.75 Å². The van der Waals surface area contributed by atoms with Crippen molar-refractivity contribution in [3.63, 3.8) is 0 Å². The zero-order valence-electron chi connectivity index (χ0n) is 17.2. The molecule has 1 heterocycles. The van der Waals surface area contributed by atoms with Crippen LogP contribution in [0.5, 0.6) is 5.75 Å². The number of carbonyl (C=O) groups excluding carboxylic acids is 1. The molecular formula is C25H28N2O2. The van der Waals surface area contributed by atoms with Gasteiger partial charge in [0.05, 0.1) is 13.0 Å². The van der Waals surface area contributed by atoms with Crippen molar-refractivity contribution in [1.29, 1.82) is 0 Å². The van der Waals surface area contributed by atoms with Crippen molar-refractivity contribution in [2.45, 2.75) is 25.8 Å². The Morgan fingerprint density at radius 2 is 1.83 bits per heavy atom. The van der Waals surface area contributed by atoms with Crippen LogP contribution in [0.15, 0.2) is 60.7 Å². The maximum absolute atomic E-state index is 12.7. The Kier molecular flexibility index (Phi) is 5.81. The van der Waals surface area contributed by atoms with E-state index in [1.54, 1.807) is 7.11 Å². The first-order valence-corrected chi connectivity index (χ1v) is 10.3. The average Bonchev–Trinajstić information content (AvgIpc) is 2.77. The van der Waals surface area contributed by atoms with Gasteiger partial charge in [-0.2, -0.15) is 0 Å². The molecule has 4 rings (SSSR count). The maximum Gasteiger partial charge on any atom is 0.227 e. The molecular weight excluding hydrogens is 360 g/mol. The number of carbonyl (C=O) groups is 1. The monoisotopic (exact) mass is 388 g/mol. The van der Waals surface area contributed by atoms with Gasteiger partial charge >= 0.3 is 0 Å². The van der Waals surface area contributed by atoms with Crippen molar-refractivity contribution < 1.29 is 9.53 Å². The minimum atomic E-state index is -0.177. The lowest BCUT2D eigenvalue weighted by Gasteiger charge is -2.28. The summed E-state index contributed by atoms with van der Waals surface area (Å²) in [5.74, 6) is 0.746. The summed E-state index contributed by atoms with van der Waals surface area (Å²) in [7, 11) is 1.67. The number of ether oxygens (including phenoxy) is 1. The molecule has 0 radical (unpaired) electrons. The highest BCUT2D eigenvalue weighted by atomic mass is 16.5. The SMILES string of the molecule is COc1ccc2cc([C@@H](C)C(=O)NCCN3CCc4ccccc4C3)ccc2c1. The first-order valence-electron chi connectivity index (χ1n) is 10.3. The van der Waals surface area contributed by atoms with Gasteiger partial charge in [-0.25, -0.2) is 0 Å². The predicted molar refractivity (Wildman–Crippen MR) is 117 cm³/mol. The molecule has 150 valence electrons. The number of amides is 1. The minimum absolute atomic E-state index is 0.0790. The second-order valence-electron chi connectivity index (χ2n) is 7.78. The van der Waals surface area contributed by atoms with Crippen LogP contribution in [-0.4, -0.2) is 37.6 Å². The number of rotatable bonds is 6. The largest absolute Gasteiger partial charge is 0.497 e. The van der Waals surface area contributed by atoms with E-state index in [-0.39, 0.29) is 11.8 Å². The van der Waals surface area contributed by atoms with Crippen molar-refractivity contribution in [3.05, 3.63) is 77.4 Å². The van der Waals surface area contributed by atoms with Gasteiger partial charge in [0.25, 0.3) is 0 Å². The lowest BCUT2D eigenvalue weighted by Crippen LogP contribution is -2.38. The highest BCUT2D eigenvalue weighted by Crippen LogP contribution is 2.25. The van der Waals surface area contributed by atoms with Gasteiger partial charge in [-0.15, -0.1) is 0 Å². The molecule has 0 fully saturated rings. The molecule has 3 aromatic carbocycles. The molecule has 4 nitrogen and oxygen atoms in total. The van der Waals surface area contributed by atoms with E-state index in [1.165, 1.54) is 11.1 Å². The summed E-state index contributed by atoms with van der Waals surface area (Å²) >= 11 is 0. The molecule has 29 heavy (non-hydrogen) atoms. The summed E-state index contributed by atoms with van der Waals surface area (Å²) in [5.41, 5.74) is 3.90. The molecule has 0 aromatic heterocycles. The lowest BCUT2D eigenvalue weighted by atomic mass is 9.97. The summed E-state index contributed by atoms with van der Waals surface area (Å²) in [6.45, 7) is 5.55. The topological polar surface area (TPSA) is 41.6 Å². The molecule has 1 atom stereocenters. The molecule has 0 saturated heterocycles. The maximum atomic E-state index is 12.7. The third-order valence-electron chi connectivity index (χ3n) is 5.90. The Labute approximate surface area is 172 Å². The number of nitrogens with one attached hydrogen (secondary N) is 1. The van der Waals surface area contributed by atoms with Crippen LogP contribution in [0.2, 0.25) is 0 Å². The number of hydrogen-bond acceptors (Lipinski definition) is 3. The van der Waals surface area contributed by atoms with E-state index >= 15 is 0 Å². The van der Waals surface area contributed by atoms with Crippen molar-refractivity contribution in [2.24, 2.45) is 0 Å². The van der Waals surface area contributed by atoms with Gasteiger partial charge in [0.15, 0.2) is 0 Å². The minimum Gasteiger partial charge on any atom is -0.497 e. The Morgan fingerprint density at radius 3 is 2.66 bits per heavy atom. The molecule has 0 aliphatic carbocycles. The zero-order valence-corrected chi connectivity index (χ0v) is 17.2. The summed E-state index contributed by atoms with van der Waals surface area (Å²) in [4.78, 5) is 15.1. The number of methoxy groups -OCH3 is 1. The van der Waals surface area contributed by atoms with Crippen LogP contribution in [0.4, 0.5) is 0 Å². The molecule has 0 saturated carbocycles. The Balaban J connectivity index is 1.32. The van der Waals surface area contributed by atoms with Crippen LogP contribution in [0.3, 0.4) is 0 Å². The highest BCUT2D eigenvalue weighted by Gasteiger charge is 2.18. The second-order valence-corrected chi connectivity index (χ2v) is 7.78. The van der Waals surface area contributed by atoms with Crippen molar-refractivity contribution >= 4 is 16.7 Å². The van der Waals surface area contributed by atoms with Crippen molar-refractivity contribution in [1.82, 2.24) is 10.2 Å². The van der Waals surface area contributed by atoms with Gasteiger partial charge in [-0.1, -0.05) is 48.5 Å². The summed E-state index contributed by atoms with van der Waals surface area (Å²) in [6, 6.07) is 20.8. The molecule has 0 unspecified atom stereocenters. The smallest absolute Gasteiger partial charge is 0.227 e. The molecule has 1 amide bonds. The van der Waals surface area contributed by atoms with Crippen LogP contribution >= 0.6 is 0 Å². The van der Waals surface area contributed by atoms with Crippen LogP contribution in [0.25, 0.3) is 10.8 Å².